The number of aromatic nitrogens is 2. The maximum atomic E-state index is 11.5. The van der Waals surface area contributed by atoms with Gasteiger partial charge >= 0.3 is 12.1 Å². The summed E-state index contributed by atoms with van der Waals surface area (Å²) in [5.41, 5.74) is 9.14. The van der Waals surface area contributed by atoms with Crippen LogP contribution in [0.15, 0.2) is 60.9 Å². The Morgan fingerprint density at radius 2 is 1.28 bits per heavy atom. The molecule has 0 saturated heterocycles. The zero-order valence-electron chi connectivity index (χ0n) is 16.6. The Hall–Kier alpha value is -3.94. The van der Waals surface area contributed by atoms with E-state index in [1.165, 1.54) is 0 Å². The minimum absolute atomic E-state index is 0.123. The Balaban J connectivity index is 0.000000166. The van der Waals surface area contributed by atoms with Crippen LogP contribution < -0.4 is 21.7 Å². The van der Waals surface area contributed by atoms with Crippen LogP contribution in [0.3, 0.4) is 0 Å². The lowest BCUT2D eigenvalue weighted by molar-refractivity contribution is 0.244. The average Bonchev–Trinajstić information content (AvgIpc) is 3.36. The van der Waals surface area contributed by atoms with Crippen molar-refractivity contribution in [3.05, 3.63) is 60.9 Å². The number of hydrogen-bond acceptors (Lipinski definition) is 4. The lowest BCUT2D eigenvalue weighted by Crippen LogP contribution is -2.23. The fourth-order valence-corrected chi connectivity index (χ4v) is 3.05. The number of nitrogens with two attached hydrogens (primary N) is 1. The average molecular weight is 392 g/mol. The molecule has 0 aliphatic rings. The van der Waals surface area contributed by atoms with Gasteiger partial charge in [0.25, 0.3) is 0 Å². The van der Waals surface area contributed by atoms with Gasteiger partial charge in [-0.1, -0.05) is 0 Å². The number of anilines is 2. The summed E-state index contributed by atoms with van der Waals surface area (Å²) in [6.45, 7) is 0. The van der Waals surface area contributed by atoms with E-state index in [-0.39, 0.29) is 12.1 Å². The first-order valence-electron chi connectivity index (χ1n) is 9.08. The number of hydrogen-bond donors (Lipinski definition) is 4. The quantitative estimate of drug-likeness (QED) is 0.373. The lowest BCUT2D eigenvalue weighted by Gasteiger charge is -2.03. The van der Waals surface area contributed by atoms with Crippen molar-refractivity contribution in [2.75, 3.05) is 32.2 Å². The van der Waals surface area contributed by atoms with Crippen molar-refractivity contribution in [2.24, 2.45) is 0 Å². The molecule has 2 heterocycles. The Morgan fingerprint density at radius 1 is 0.759 bits per heavy atom. The molecule has 0 unspecified atom stereocenters. The van der Waals surface area contributed by atoms with Crippen LogP contribution in [-0.2, 0) is 0 Å². The van der Waals surface area contributed by atoms with E-state index in [1.807, 2.05) is 49.5 Å². The van der Waals surface area contributed by atoms with Crippen LogP contribution >= 0.6 is 0 Å². The van der Waals surface area contributed by atoms with Crippen molar-refractivity contribution < 1.29 is 9.59 Å². The molecule has 8 nitrogen and oxygen atoms in total. The molecule has 4 aromatic rings. The van der Waals surface area contributed by atoms with E-state index in [0.717, 1.165) is 27.5 Å². The first kappa shape index (κ1) is 19.8. The Kier molecular flexibility index (Phi) is 5.73. The highest BCUT2D eigenvalue weighted by molar-refractivity contribution is 5.93. The van der Waals surface area contributed by atoms with Crippen molar-refractivity contribution in [2.45, 2.75) is 0 Å². The van der Waals surface area contributed by atoms with E-state index in [4.69, 9.17) is 5.73 Å². The van der Waals surface area contributed by atoms with Gasteiger partial charge in [0.05, 0.1) is 11.0 Å². The Labute approximate surface area is 168 Å². The fourth-order valence-electron chi connectivity index (χ4n) is 3.05. The summed E-state index contributed by atoms with van der Waals surface area (Å²) in [7, 11) is 5.10. The summed E-state index contributed by atoms with van der Waals surface area (Å²) in [5, 5.41) is 10.2. The summed E-state index contributed by atoms with van der Waals surface area (Å²) in [5.74, 6) is 0. The molecule has 0 aliphatic carbocycles. The van der Waals surface area contributed by atoms with Crippen LogP contribution in [0.2, 0.25) is 0 Å². The maximum absolute atomic E-state index is 11.5. The first-order valence-corrected chi connectivity index (χ1v) is 9.08. The van der Waals surface area contributed by atoms with Gasteiger partial charge in [-0.05, 0) is 48.5 Å². The van der Waals surface area contributed by atoms with Crippen molar-refractivity contribution in [3.8, 4) is 0 Å². The third-order valence-corrected chi connectivity index (χ3v) is 4.56. The van der Waals surface area contributed by atoms with Gasteiger partial charge in [-0.2, -0.15) is 0 Å². The topological polar surface area (TPSA) is 106 Å². The minimum Gasteiger partial charge on any atom is -0.399 e. The summed E-state index contributed by atoms with van der Waals surface area (Å²) in [6.07, 6.45) is 3.49. The standard InChI is InChI=1S/C11H13N3O.C10H11N3O/c1-12-9-3-4-10-8(7-9)5-6-14(10)11(15)13-2;1-12-10(14)13-5-4-7-6-8(11)2-3-9(7)13/h3-7,12H,1-2H3,(H,13,15);2-6H,11H2,1H3,(H,12,14). The molecule has 4 rings (SSSR count). The molecule has 0 radical (unpaired) electrons. The normalized spacial score (nSPS) is 10.3. The zero-order valence-corrected chi connectivity index (χ0v) is 16.6. The lowest BCUT2D eigenvalue weighted by atomic mass is 10.2. The van der Waals surface area contributed by atoms with Crippen molar-refractivity contribution in [1.82, 2.24) is 19.8 Å². The van der Waals surface area contributed by atoms with Gasteiger partial charge in [0.2, 0.25) is 0 Å². The largest absolute Gasteiger partial charge is 0.399 e. The molecule has 0 atom stereocenters. The van der Waals surface area contributed by atoms with E-state index in [9.17, 15) is 9.59 Å². The predicted octanol–water partition coefficient (Wildman–Crippen LogP) is 3.28. The summed E-state index contributed by atoms with van der Waals surface area (Å²) in [6, 6.07) is 14.8. The van der Waals surface area contributed by atoms with Gasteiger partial charge in [0.15, 0.2) is 0 Å². The number of rotatable bonds is 1. The van der Waals surface area contributed by atoms with Gasteiger partial charge < -0.3 is 21.7 Å². The van der Waals surface area contributed by atoms with E-state index in [1.54, 1.807) is 41.7 Å². The van der Waals surface area contributed by atoms with Gasteiger partial charge in [0, 0.05) is 55.7 Å². The number of nitrogen functional groups attached to an aromatic ring is 1. The van der Waals surface area contributed by atoms with Crippen molar-refractivity contribution in [1.29, 1.82) is 0 Å². The molecule has 0 fully saturated rings. The number of nitrogens with zero attached hydrogens (tertiary/aromatic N) is 2. The summed E-state index contributed by atoms with van der Waals surface area (Å²) in [4.78, 5) is 22.9. The van der Waals surface area contributed by atoms with Crippen LogP contribution in [0.4, 0.5) is 21.0 Å². The van der Waals surface area contributed by atoms with Crippen LogP contribution in [0, 0.1) is 0 Å². The predicted molar refractivity (Wildman–Crippen MR) is 118 cm³/mol. The Morgan fingerprint density at radius 3 is 1.79 bits per heavy atom. The first-order chi connectivity index (χ1) is 14.0. The van der Waals surface area contributed by atoms with Crippen LogP contribution in [0.25, 0.3) is 21.8 Å². The zero-order chi connectivity index (χ0) is 21.0. The smallest absolute Gasteiger partial charge is 0.325 e. The third-order valence-electron chi connectivity index (χ3n) is 4.56. The summed E-state index contributed by atoms with van der Waals surface area (Å²) >= 11 is 0. The van der Waals surface area contributed by atoms with E-state index in [0.29, 0.717) is 5.69 Å². The second kappa shape index (κ2) is 8.39. The number of amides is 2. The Bertz CT molecular complexity index is 1170. The minimum atomic E-state index is -0.148. The SMILES string of the molecule is CNC(=O)n1ccc2cc(N)ccc21.CNC(=O)n1ccc2cc(NC)ccc21. The molecule has 0 bridgehead atoms. The number of benzene rings is 2. The molecule has 5 N–H and O–H groups in total. The molecule has 2 aromatic heterocycles. The maximum Gasteiger partial charge on any atom is 0.325 e. The number of carbonyl (C=O) groups excluding carboxylic acids is 2. The van der Waals surface area contributed by atoms with Crippen molar-refractivity contribution >= 4 is 45.2 Å². The molecule has 150 valence electrons. The van der Waals surface area contributed by atoms with Gasteiger partial charge in [0.1, 0.15) is 0 Å². The molecule has 0 saturated carbocycles. The molecule has 29 heavy (non-hydrogen) atoms. The van der Waals surface area contributed by atoms with E-state index >= 15 is 0 Å². The monoisotopic (exact) mass is 392 g/mol. The number of nitrogens with one attached hydrogen (secondary N) is 3. The highest BCUT2D eigenvalue weighted by Gasteiger charge is 2.07. The van der Waals surface area contributed by atoms with Crippen LogP contribution in [-0.4, -0.2) is 42.3 Å². The van der Waals surface area contributed by atoms with Gasteiger partial charge in [-0.15, -0.1) is 0 Å². The van der Waals surface area contributed by atoms with Crippen molar-refractivity contribution in [3.63, 3.8) is 0 Å². The molecular weight excluding hydrogens is 368 g/mol. The molecule has 2 amide bonds. The van der Waals surface area contributed by atoms with Crippen LogP contribution in [0.5, 0.6) is 0 Å². The van der Waals surface area contributed by atoms with Crippen LogP contribution in [0.1, 0.15) is 0 Å². The van der Waals surface area contributed by atoms with Gasteiger partial charge in [-0.3, -0.25) is 9.13 Å². The molecule has 0 spiro atoms. The summed E-state index contributed by atoms with van der Waals surface area (Å²) < 4.78 is 3.14. The molecule has 8 heteroatoms. The third kappa shape index (κ3) is 4.01. The second-order valence-electron chi connectivity index (χ2n) is 6.32. The fraction of sp³-hybridized carbons (Fsp3) is 0.143. The van der Waals surface area contributed by atoms with E-state index < -0.39 is 0 Å². The molecule has 0 aliphatic heterocycles. The highest BCUT2D eigenvalue weighted by Crippen LogP contribution is 2.20. The molecular formula is C21H24N6O2. The van der Waals surface area contributed by atoms with E-state index in [2.05, 4.69) is 16.0 Å². The number of carbonyl (C=O) groups is 2. The van der Waals surface area contributed by atoms with Gasteiger partial charge in [-0.25, -0.2) is 9.59 Å². The number of fused-ring (bicyclic) bond motifs is 2. The second-order valence-corrected chi connectivity index (χ2v) is 6.32. The molecule has 2 aromatic carbocycles. The highest BCUT2D eigenvalue weighted by atomic mass is 16.2.